The first-order valence-electron chi connectivity index (χ1n) is 14.2. The molecule has 0 aromatic heterocycles. The van der Waals surface area contributed by atoms with Crippen molar-refractivity contribution in [1.29, 1.82) is 0 Å². The van der Waals surface area contributed by atoms with Gasteiger partial charge in [-0.1, -0.05) is 52.4 Å². The van der Waals surface area contributed by atoms with Gasteiger partial charge in [-0.2, -0.15) is 0 Å². The fraction of sp³-hybridized carbons (Fsp3) is 1.00. The summed E-state index contributed by atoms with van der Waals surface area (Å²) in [5.74, 6) is 0. The summed E-state index contributed by atoms with van der Waals surface area (Å²) in [5, 5.41) is 0. The second-order valence-corrected chi connectivity index (χ2v) is 15.1. The van der Waals surface area contributed by atoms with E-state index in [0.717, 1.165) is 0 Å². The summed E-state index contributed by atoms with van der Waals surface area (Å²) in [6.07, 6.45) is 31.8. The predicted octanol–water partition coefficient (Wildman–Crippen LogP) is 11.1. The van der Waals surface area contributed by atoms with Crippen LogP contribution in [0.2, 0.25) is 0 Å². The van der Waals surface area contributed by atoms with Gasteiger partial charge in [-0.25, -0.2) is 0 Å². The minimum absolute atomic E-state index is 0.376. The topological polar surface area (TPSA) is 3.24 Å². The average Bonchev–Trinajstić information content (AvgIpc) is 3.61. The molecule has 1 aliphatic rings. The summed E-state index contributed by atoms with van der Waals surface area (Å²) < 4.78 is 0.376. The molecule has 5 heteroatoms. The molecular weight excluding hydrogens is 530 g/mol. The molecule has 0 atom stereocenters. The average molecular weight is 585 g/mol. The van der Waals surface area contributed by atoms with E-state index in [2.05, 4.69) is 68.3 Å². The Hall–Kier alpha value is 1.70. The molecule has 1 heterocycles. The summed E-state index contributed by atoms with van der Waals surface area (Å²) in [6, 6.07) is 0. The molecular formula is C27H54MoNS3. The van der Waals surface area contributed by atoms with Gasteiger partial charge in [-0.15, -0.1) is 0 Å². The molecule has 32 heavy (non-hydrogen) atoms. The van der Waals surface area contributed by atoms with Gasteiger partial charge in [0.2, 0.25) is 0 Å². The second kappa shape index (κ2) is 23.1. The van der Waals surface area contributed by atoms with E-state index in [-0.39, 0.29) is 0 Å². The second-order valence-electron chi connectivity index (χ2n) is 9.83. The Bertz CT molecular complexity index is 367. The molecule has 1 rings (SSSR count). The molecule has 0 aliphatic carbocycles. The molecule has 1 saturated heterocycles. The standard InChI is InChI=1S/C27H55NS3.Mo/c1-3-5-7-9-11-13-15-17-19-21-23-25-28(27(29)30-31-27)26-24-22-20-18-16-14-12-10-8-6-4-2;/h29H,3-26H2,1-2H3;/q;+1/p-1. The van der Waals surface area contributed by atoms with Crippen molar-refractivity contribution < 1.29 is 18.5 Å². The summed E-state index contributed by atoms with van der Waals surface area (Å²) in [6.45, 7) is 7.25. The normalized spacial score (nSPS) is 15.0. The van der Waals surface area contributed by atoms with Crippen LogP contribution in [0.3, 0.4) is 0 Å². The van der Waals surface area contributed by atoms with Gasteiger partial charge in [0.1, 0.15) is 0 Å². The molecule has 0 amide bonds. The van der Waals surface area contributed by atoms with E-state index >= 15 is 0 Å². The van der Waals surface area contributed by atoms with Gasteiger partial charge in [-0.3, -0.25) is 0 Å². The van der Waals surface area contributed by atoms with Gasteiger partial charge in [0, 0.05) is 0 Å². The van der Waals surface area contributed by atoms with Crippen LogP contribution in [-0.4, -0.2) is 21.5 Å². The summed E-state index contributed by atoms with van der Waals surface area (Å²) in [4.78, 5) is 2.82. The Morgan fingerprint density at radius 2 is 0.781 bits per heavy atom. The molecule has 0 spiro atoms. The van der Waals surface area contributed by atoms with Crippen LogP contribution >= 0.6 is 31.1 Å². The third-order valence-electron chi connectivity index (χ3n) is 6.78. The fourth-order valence-electron chi connectivity index (χ4n) is 4.54. The predicted molar refractivity (Wildman–Crippen MR) is 150 cm³/mol. The van der Waals surface area contributed by atoms with Crippen LogP contribution < -0.4 is 0 Å². The van der Waals surface area contributed by atoms with E-state index < -0.39 is 0 Å². The van der Waals surface area contributed by atoms with Crippen molar-refractivity contribution in [3.8, 4) is 0 Å². The monoisotopic (exact) mass is 586 g/mol. The summed E-state index contributed by atoms with van der Waals surface area (Å²) >= 11 is 2.23. The van der Waals surface area contributed by atoms with E-state index in [4.69, 9.17) is 0 Å². The molecule has 0 aromatic carbocycles. The zero-order valence-corrected chi connectivity index (χ0v) is 26.0. The molecule has 1 nitrogen and oxygen atoms in total. The Morgan fingerprint density at radius 1 is 0.500 bits per heavy atom. The Morgan fingerprint density at radius 3 is 1.03 bits per heavy atom. The number of hydrogen-bond acceptors (Lipinski definition) is 4. The number of nitrogens with zero attached hydrogens (tertiary/aromatic N) is 1. The number of rotatable bonds is 26. The van der Waals surface area contributed by atoms with E-state index in [9.17, 15) is 0 Å². The third-order valence-corrected chi connectivity index (χ3v) is 14.8. The van der Waals surface area contributed by atoms with E-state index in [1.165, 1.54) is 154 Å². The maximum absolute atomic E-state index is 2.82. The molecule has 1 aliphatic heterocycles. The molecule has 0 aromatic rings. The zero-order chi connectivity index (χ0) is 23.2. The number of hydrogen-bond donors (Lipinski definition) is 0. The molecule has 0 saturated carbocycles. The van der Waals surface area contributed by atoms with Crippen molar-refractivity contribution in [2.24, 2.45) is 0 Å². The molecule has 0 unspecified atom stereocenters. The van der Waals surface area contributed by atoms with Crippen molar-refractivity contribution in [1.82, 2.24) is 4.90 Å². The first kappa shape index (κ1) is 31.7. The van der Waals surface area contributed by atoms with Crippen LogP contribution in [0.15, 0.2) is 0 Å². The number of unbranched alkanes of at least 4 members (excludes halogenated alkanes) is 20. The first-order chi connectivity index (χ1) is 15.8. The molecule has 0 bridgehead atoms. The molecule has 191 valence electrons. The van der Waals surface area contributed by atoms with Gasteiger partial charge in [0.05, 0.1) is 0 Å². The van der Waals surface area contributed by atoms with E-state index in [1.54, 1.807) is 0 Å². The van der Waals surface area contributed by atoms with Crippen LogP contribution in [0.25, 0.3) is 0 Å². The Kier molecular flexibility index (Phi) is 22.9. The molecule has 1 fully saturated rings. The Balaban J connectivity index is 1.99. The van der Waals surface area contributed by atoms with Gasteiger partial charge in [-0.05, 0) is 0 Å². The van der Waals surface area contributed by atoms with Gasteiger partial charge >= 0.3 is 174 Å². The van der Waals surface area contributed by atoms with Gasteiger partial charge < -0.3 is 0 Å². The first-order valence-corrected chi connectivity index (χ1v) is 19.6. The molecule has 0 radical (unpaired) electrons. The van der Waals surface area contributed by atoms with Crippen molar-refractivity contribution >= 4 is 31.1 Å². The summed E-state index contributed by atoms with van der Waals surface area (Å²) in [7, 11) is 6.27. The van der Waals surface area contributed by atoms with Gasteiger partial charge in [0.25, 0.3) is 0 Å². The van der Waals surface area contributed by atoms with E-state index in [0.29, 0.717) is 3.54 Å². The van der Waals surface area contributed by atoms with Crippen molar-refractivity contribution in [3.63, 3.8) is 0 Å². The van der Waals surface area contributed by atoms with Crippen LogP contribution in [0, 0.1) is 0 Å². The van der Waals surface area contributed by atoms with Crippen LogP contribution in [0.5, 0.6) is 0 Å². The van der Waals surface area contributed by atoms with Crippen molar-refractivity contribution in [3.05, 3.63) is 0 Å². The molecule has 0 N–H and O–H groups in total. The van der Waals surface area contributed by atoms with E-state index in [1.807, 2.05) is 0 Å². The van der Waals surface area contributed by atoms with Gasteiger partial charge in [0.15, 0.2) is 0 Å². The quantitative estimate of drug-likeness (QED) is 0.0327. The third kappa shape index (κ3) is 17.2. The van der Waals surface area contributed by atoms with Crippen LogP contribution in [0.1, 0.15) is 155 Å². The zero-order valence-electron chi connectivity index (χ0n) is 21.6. The van der Waals surface area contributed by atoms with Crippen molar-refractivity contribution in [2.75, 3.05) is 13.1 Å². The maximum atomic E-state index is 2.82. The van der Waals surface area contributed by atoms with Crippen LogP contribution in [-0.2, 0) is 18.5 Å². The Labute approximate surface area is 224 Å². The fourth-order valence-corrected chi connectivity index (χ4v) is 11.8. The SMILES string of the molecule is CCCCCCCCCCCCCN(CCCCCCCCCCCCC)C1([S][Mo])SS1. The summed E-state index contributed by atoms with van der Waals surface area (Å²) in [5.41, 5.74) is 0. The minimum atomic E-state index is 0.376. The van der Waals surface area contributed by atoms with Crippen molar-refractivity contribution in [2.45, 2.75) is 159 Å². The van der Waals surface area contributed by atoms with Crippen LogP contribution in [0.4, 0.5) is 0 Å².